The van der Waals surface area contributed by atoms with Gasteiger partial charge in [-0.3, -0.25) is 0 Å². The van der Waals surface area contributed by atoms with Crippen LogP contribution in [-0.2, 0) is 20.8 Å². The van der Waals surface area contributed by atoms with Crippen LogP contribution < -0.4 is 14.5 Å². The van der Waals surface area contributed by atoms with E-state index < -0.39 is 11.9 Å². The van der Waals surface area contributed by atoms with Gasteiger partial charge in [-0.05, 0) is 42.3 Å². The Labute approximate surface area is 193 Å². The number of rotatable bonds is 7. The quantitative estimate of drug-likeness (QED) is 0.593. The highest BCUT2D eigenvalue weighted by atomic mass is 16.5. The lowest BCUT2D eigenvalue weighted by atomic mass is 9.99. The van der Waals surface area contributed by atoms with Crippen LogP contribution in [0.15, 0.2) is 59.2 Å². The lowest BCUT2D eigenvalue weighted by Crippen LogP contribution is -2.48. The molecule has 2 aliphatic heterocycles. The van der Waals surface area contributed by atoms with E-state index >= 15 is 0 Å². The molecular weight excluding hydrogens is 422 g/mol. The number of anilines is 2. The van der Waals surface area contributed by atoms with Crippen molar-refractivity contribution >= 4 is 29.3 Å². The second kappa shape index (κ2) is 9.36. The van der Waals surface area contributed by atoms with Crippen LogP contribution in [0.2, 0.25) is 0 Å². The number of carbonyl (C=O) groups excluding carboxylic acids is 2. The monoisotopic (exact) mass is 449 g/mol. The van der Waals surface area contributed by atoms with E-state index in [2.05, 4.69) is 16.8 Å². The molecule has 0 amide bonds. The third-order valence-electron chi connectivity index (χ3n) is 5.88. The molecule has 2 heterocycles. The van der Waals surface area contributed by atoms with Crippen LogP contribution in [0.25, 0.3) is 0 Å². The van der Waals surface area contributed by atoms with Gasteiger partial charge in [0.15, 0.2) is 0 Å². The molecule has 8 heteroatoms. The second-order valence-corrected chi connectivity index (χ2v) is 7.81. The van der Waals surface area contributed by atoms with Gasteiger partial charge in [-0.25, -0.2) is 14.6 Å². The lowest BCUT2D eigenvalue weighted by molar-refractivity contribution is -0.136. The fraction of sp³-hybridized carbons (Fsp3) is 0.320. The van der Waals surface area contributed by atoms with Crippen molar-refractivity contribution in [2.24, 2.45) is 4.99 Å². The summed E-state index contributed by atoms with van der Waals surface area (Å²) in [5, 5.41) is 0. The zero-order chi connectivity index (χ0) is 23.5. The first-order chi connectivity index (χ1) is 16.0. The number of guanidine groups is 1. The summed E-state index contributed by atoms with van der Waals surface area (Å²) in [6.07, 6.45) is 3.18. The lowest BCUT2D eigenvalue weighted by Gasteiger charge is -2.34. The zero-order valence-electron chi connectivity index (χ0n) is 19.2. The molecule has 0 radical (unpaired) electrons. The topological polar surface area (TPSA) is 80.7 Å². The normalized spacial score (nSPS) is 16.4. The number of ether oxygens (including phenoxy) is 3. The van der Waals surface area contributed by atoms with Crippen molar-refractivity contribution in [3.8, 4) is 5.75 Å². The van der Waals surface area contributed by atoms with Gasteiger partial charge in [0.25, 0.3) is 0 Å². The summed E-state index contributed by atoms with van der Waals surface area (Å²) in [5.41, 5.74) is 3.70. The van der Waals surface area contributed by atoms with Crippen molar-refractivity contribution in [2.45, 2.75) is 32.4 Å². The number of fused-ring (bicyclic) bond motifs is 3. The van der Waals surface area contributed by atoms with Crippen molar-refractivity contribution in [1.29, 1.82) is 0 Å². The summed E-state index contributed by atoms with van der Waals surface area (Å²) in [4.78, 5) is 33.5. The molecule has 1 unspecified atom stereocenters. The summed E-state index contributed by atoms with van der Waals surface area (Å²) < 4.78 is 15.2. The number of esters is 2. The summed E-state index contributed by atoms with van der Waals surface area (Å²) in [7, 11) is 4.37. The third kappa shape index (κ3) is 4.04. The van der Waals surface area contributed by atoms with Gasteiger partial charge in [-0.2, -0.15) is 0 Å². The number of carbonyl (C=O) groups is 2. The molecule has 2 aromatic rings. The van der Waals surface area contributed by atoms with Crippen molar-refractivity contribution in [2.75, 3.05) is 31.1 Å². The second-order valence-electron chi connectivity index (χ2n) is 7.81. The van der Waals surface area contributed by atoms with E-state index in [1.54, 1.807) is 25.4 Å². The molecule has 172 valence electrons. The maximum atomic E-state index is 12.5. The maximum absolute atomic E-state index is 12.5. The number of benzene rings is 2. The van der Waals surface area contributed by atoms with E-state index in [1.165, 1.54) is 14.2 Å². The minimum Gasteiger partial charge on any atom is -0.497 e. The summed E-state index contributed by atoms with van der Waals surface area (Å²) >= 11 is 0. The Kier molecular flexibility index (Phi) is 6.35. The number of hydrogen-bond acceptors (Lipinski definition) is 8. The molecule has 0 saturated heterocycles. The summed E-state index contributed by atoms with van der Waals surface area (Å²) in [6, 6.07) is 13.0. The molecule has 1 atom stereocenters. The molecule has 33 heavy (non-hydrogen) atoms. The smallest absolute Gasteiger partial charge is 0.337 e. The van der Waals surface area contributed by atoms with Crippen LogP contribution in [0.5, 0.6) is 5.75 Å². The highest BCUT2D eigenvalue weighted by Gasteiger charge is 2.42. The van der Waals surface area contributed by atoms with Crippen LogP contribution in [-0.4, -0.2) is 45.3 Å². The van der Waals surface area contributed by atoms with E-state index in [-0.39, 0.29) is 6.04 Å². The molecule has 2 aliphatic rings. The largest absolute Gasteiger partial charge is 0.497 e. The molecule has 4 rings (SSSR count). The zero-order valence-corrected chi connectivity index (χ0v) is 19.2. The molecule has 2 aromatic carbocycles. The van der Waals surface area contributed by atoms with Crippen LogP contribution in [0.3, 0.4) is 0 Å². The standard InChI is InChI=1S/C25H27N3O5/c1-5-6-20-19(24(30)33-4)14-26-25-27(15-16-7-10-18(31-2)11-8-16)21-12-9-17(23(29)32-3)13-22(21)28(20)25/h7-14,20H,5-6,15H2,1-4H3. The minimum atomic E-state index is -0.419. The molecule has 0 saturated carbocycles. The maximum Gasteiger partial charge on any atom is 0.337 e. The van der Waals surface area contributed by atoms with Crippen LogP contribution in [0.1, 0.15) is 35.7 Å². The average Bonchev–Trinajstić information content (AvgIpc) is 3.16. The Morgan fingerprint density at radius 2 is 1.70 bits per heavy atom. The van der Waals surface area contributed by atoms with Gasteiger partial charge in [0.2, 0.25) is 5.96 Å². The molecule has 8 nitrogen and oxygen atoms in total. The van der Waals surface area contributed by atoms with Gasteiger partial charge in [0.1, 0.15) is 5.75 Å². The molecule has 0 spiro atoms. The number of methoxy groups -OCH3 is 3. The SMILES string of the molecule is CCCC1C(C(=O)OC)=CN=C2N(Cc3ccc(OC)cc3)c3ccc(C(=O)OC)cc3N21. The number of hydrogen-bond donors (Lipinski definition) is 0. The van der Waals surface area contributed by atoms with Gasteiger partial charge in [-0.15, -0.1) is 0 Å². The number of nitrogens with zero attached hydrogens (tertiary/aromatic N) is 3. The van der Waals surface area contributed by atoms with Gasteiger partial charge in [0.05, 0.1) is 56.4 Å². The van der Waals surface area contributed by atoms with Crippen molar-refractivity contribution in [3.05, 3.63) is 65.4 Å². The van der Waals surface area contributed by atoms with E-state index in [0.29, 0.717) is 23.6 Å². The Morgan fingerprint density at radius 1 is 0.970 bits per heavy atom. The Hall–Kier alpha value is -3.81. The van der Waals surface area contributed by atoms with Crippen molar-refractivity contribution in [3.63, 3.8) is 0 Å². The fourth-order valence-corrected chi connectivity index (χ4v) is 4.26. The van der Waals surface area contributed by atoms with Crippen molar-refractivity contribution < 1.29 is 23.8 Å². The fourth-order valence-electron chi connectivity index (χ4n) is 4.26. The minimum absolute atomic E-state index is 0.262. The molecule has 0 N–H and O–H groups in total. The predicted octanol–water partition coefficient (Wildman–Crippen LogP) is 3.90. The van der Waals surface area contributed by atoms with E-state index in [4.69, 9.17) is 14.2 Å². The Bertz CT molecular complexity index is 1120. The number of aliphatic imine (C=N–C) groups is 1. The van der Waals surface area contributed by atoms with E-state index in [9.17, 15) is 9.59 Å². The Morgan fingerprint density at radius 3 is 2.33 bits per heavy atom. The first-order valence-corrected chi connectivity index (χ1v) is 10.8. The Balaban J connectivity index is 1.82. The first-order valence-electron chi connectivity index (χ1n) is 10.8. The van der Waals surface area contributed by atoms with Gasteiger partial charge >= 0.3 is 11.9 Å². The summed E-state index contributed by atoms with van der Waals surface area (Å²) in [6.45, 7) is 2.63. The molecule has 0 aliphatic carbocycles. The van der Waals surface area contributed by atoms with Crippen LogP contribution in [0.4, 0.5) is 11.4 Å². The average molecular weight is 450 g/mol. The van der Waals surface area contributed by atoms with E-state index in [0.717, 1.165) is 35.5 Å². The predicted molar refractivity (Wildman–Crippen MR) is 126 cm³/mol. The third-order valence-corrected chi connectivity index (χ3v) is 5.88. The molecule has 0 fully saturated rings. The van der Waals surface area contributed by atoms with Crippen LogP contribution in [0, 0.1) is 0 Å². The van der Waals surface area contributed by atoms with Gasteiger partial charge in [-0.1, -0.05) is 25.5 Å². The van der Waals surface area contributed by atoms with Crippen LogP contribution >= 0.6 is 0 Å². The first kappa shape index (κ1) is 22.4. The van der Waals surface area contributed by atoms with Crippen molar-refractivity contribution in [1.82, 2.24) is 0 Å². The van der Waals surface area contributed by atoms with Gasteiger partial charge < -0.3 is 24.0 Å². The summed E-state index contributed by atoms with van der Waals surface area (Å²) in [5.74, 6) is 0.663. The van der Waals surface area contributed by atoms with E-state index in [1.807, 2.05) is 35.2 Å². The molecule has 0 aromatic heterocycles. The molecule has 0 bridgehead atoms. The highest BCUT2D eigenvalue weighted by molar-refractivity contribution is 6.19. The van der Waals surface area contributed by atoms with Gasteiger partial charge in [0, 0.05) is 6.20 Å². The highest BCUT2D eigenvalue weighted by Crippen LogP contribution is 2.43. The molecular formula is C25H27N3O5.